The summed E-state index contributed by atoms with van der Waals surface area (Å²) < 4.78 is 7.49. The molecule has 8 heteroatoms. The highest BCUT2D eigenvalue weighted by Crippen LogP contribution is 2.29. The van der Waals surface area contributed by atoms with Crippen LogP contribution in [-0.2, 0) is 17.7 Å². The molecule has 0 aliphatic rings. The number of nitrogens with one attached hydrogen (secondary N) is 2. The van der Waals surface area contributed by atoms with Gasteiger partial charge in [-0.3, -0.25) is 0 Å². The van der Waals surface area contributed by atoms with Gasteiger partial charge in [0.2, 0.25) is 0 Å². The van der Waals surface area contributed by atoms with Crippen molar-refractivity contribution in [2.45, 2.75) is 39.2 Å². The number of anilines is 1. The van der Waals surface area contributed by atoms with Crippen molar-refractivity contribution in [1.82, 2.24) is 25.2 Å². The van der Waals surface area contributed by atoms with E-state index in [1.54, 1.807) is 7.11 Å². The highest BCUT2D eigenvalue weighted by molar-refractivity contribution is 6.06. The number of nitrogen functional groups attached to an aromatic ring is 1. The SMILES string of the molecule is CCCNC(=O)NCCCCn1c(CCOC)nc2c(N)nc3ccccc3c21. The standard InChI is InChI=1S/C21H30N6O2/c1-3-11-23-21(28)24-12-6-7-13-27-17(10-14-29-2)26-18-19(27)15-8-4-5-9-16(15)25-20(18)22/h4-5,8-9H,3,6-7,10-14H2,1-2H3,(H2,22,25)(H2,23,24,28). The van der Waals surface area contributed by atoms with Gasteiger partial charge in [-0.2, -0.15) is 0 Å². The van der Waals surface area contributed by atoms with Crippen molar-refractivity contribution in [3.63, 3.8) is 0 Å². The van der Waals surface area contributed by atoms with E-state index in [2.05, 4.69) is 26.3 Å². The molecule has 2 amide bonds. The summed E-state index contributed by atoms with van der Waals surface area (Å²) in [6, 6.07) is 7.89. The van der Waals surface area contributed by atoms with Gasteiger partial charge < -0.3 is 25.7 Å². The van der Waals surface area contributed by atoms with Gasteiger partial charge in [0.25, 0.3) is 0 Å². The number of urea groups is 1. The lowest BCUT2D eigenvalue weighted by Crippen LogP contribution is -2.36. The Morgan fingerprint density at radius 3 is 2.76 bits per heavy atom. The number of benzene rings is 1. The van der Waals surface area contributed by atoms with E-state index in [4.69, 9.17) is 15.5 Å². The number of imidazole rings is 1. The van der Waals surface area contributed by atoms with E-state index in [1.807, 2.05) is 25.1 Å². The Balaban J connectivity index is 1.78. The first kappa shape index (κ1) is 20.9. The molecule has 0 saturated heterocycles. The van der Waals surface area contributed by atoms with E-state index in [0.717, 1.165) is 53.6 Å². The van der Waals surface area contributed by atoms with E-state index < -0.39 is 0 Å². The van der Waals surface area contributed by atoms with Crippen molar-refractivity contribution in [1.29, 1.82) is 0 Å². The summed E-state index contributed by atoms with van der Waals surface area (Å²) in [5, 5.41) is 6.76. The van der Waals surface area contributed by atoms with Gasteiger partial charge in [0.05, 0.1) is 17.6 Å². The quantitative estimate of drug-likeness (QED) is 0.455. The molecule has 4 N–H and O–H groups in total. The number of para-hydroxylation sites is 1. The molecule has 8 nitrogen and oxygen atoms in total. The number of hydrogen-bond donors (Lipinski definition) is 3. The number of fused-ring (bicyclic) bond motifs is 3. The van der Waals surface area contributed by atoms with Gasteiger partial charge in [0.1, 0.15) is 11.3 Å². The first-order valence-electron chi connectivity index (χ1n) is 10.2. The number of carbonyl (C=O) groups excluding carboxylic acids is 1. The van der Waals surface area contributed by atoms with Crippen LogP contribution in [0, 0.1) is 0 Å². The normalized spacial score (nSPS) is 11.2. The smallest absolute Gasteiger partial charge is 0.314 e. The number of aromatic nitrogens is 3. The highest BCUT2D eigenvalue weighted by Gasteiger charge is 2.16. The molecule has 0 radical (unpaired) electrons. The first-order valence-corrected chi connectivity index (χ1v) is 10.2. The molecule has 29 heavy (non-hydrogen) atoms. The van der Waals surface area contributed by atoms with Crippen LogP contribution in [-0.4, -0.2) is 47.4 Å². The van der Waals surface area contributed by atoms with Crippen LogP contribution in [0.1, 0.15) is 32.0 Å². The number of ether oxygens (including phenoxy) is 1. The highest BCUT2D eigenvalue weighted by atomic mass is 16.5. The Labute approximate surface area is 170 Å². The third-order valence-electron chi connectivity index (χ3n) is 4.85. The molecule has 2 aromatic heterocycles. The van der Waals surface area contributed by atoms with Gasteiger partial charge in [0, 0.05) is 38.6 Å². The van der Waals surface area contributed by atoms with E-state index in [9.17, 15) is 4.79 Å². The molecule has 0 spiro atoms. The Kier molecular flexibility index (Phi) is 7.24. The van der Waals surface area contributed by atoms with Crippen molar-refractivity contribution in [2.75, 3.05) is 32.5 Å². The van der Waals surface area contributed by atoms with Crippen LogP contribution < -0.4 is 16.4 Å². The van der Waals surface area contributed by atoms with Crippen LogP contribution >= 0.6 is 0 Å². The minimum atomic E-state index is -0.106. The number of rotatable bonds is 10. The van der Waals surface area contributed by atoms with Crippen LogP contribution in [0.3, 0.4) is 0 Å². The zero-order chi connectivity index (χ0) is 20.6. The summed E-state index contributed by atoms with van der Waals surface area (Å²) >= 11 is 0. The van der Waals surface area contributed by atoms with Gasteiger partial charge in [-0.25, -0.2) is 14.8 Å². The predicted octanol–water partition coefficient (Wildman–Crippen LogP) is 2.85. The van der Waals surface area contributed by atoms with Crippen LogP contribution in [0.25, 0.3) is 21.9 Å². The molecule has 0 fully saturated rings. The molecule has 156 valence electrons. The molecule has 0 aliphatic carbocycles. The van der Waals surface area contributed by atoms with Crippen LogP contribution in [0.4, 0.5) is 10.6 Å². The van der Waals surface area contributed by atoms with Crippen molar-refractivity contribution in [3.8, 4) is 0 Å². The molecule has 3 rings (SSSR count). The molecular formula is C21H30N6O2. The summed E-state index contributed by atoms with van der Waals surface area (Å²) in [5.74, 6) is 1.39. The van der Waals surface area contributed by atoms with Gasteiger partial charge in [0.15, 0.2) is 5.82 Å². The molecule has 0 atom stereocenters. The fourth-order valence-electron chi connectivity index (χ4n) is 3.43. The fraction of sp³-hybridized carbons (Fsp3) is 0.476. The average molecular weight is 399 g/mol. The third kappa shape index (κ3) is 4.95. The lowest BCUT2D eigenvalue weighted by molar-refractivity contribution is 0.199. The van der Waals surface area contributed by atoms with Gasteiger partial charge in [-0.1, -0.05) is 25.1 Å². The topological polar surface area (TPSA) is 107 Å². The maximum Gasteiger partial charge on any atom is 0.314 e. The Morgan fingerprint density at radius 2 is 1.97 bits per heavy atom. The van der Waals surface area contributed by atoms with Crippen LogP contribution in [0.5, 0.6) is 0 Å². The van der Waals surface area contributed by atoms with Crippen molar-refractivity contribution < 1.29 is 9.53 Å². The number of methoxy groups -OCH3 is 1. The number of carbonyl (C=O) groups is 1. The Bertz CT molecular complexity index is 969. The fourth-order valence-corrected chi connectivity index (χ4v) is 3.43. The molecule has 0 bridgehead atoms. The van der Waals surface area contributed by atoms with E-state index >= 15 is 0 Å². The van der Waals surface area contributed by atoms with Crippen LogP contribution in [0.15, 0.2) is 24.3 Å². The van der Waals surface area contributed by atoms with Crippen molar-refractivity contribution >= 4 is 33.8 Å². The lowest BCUT2D eigenvalue weighted by atomic mass is 10.2. The maximum atomic E-state index is 11.7. The van der Waals surface area contributed by atoms with E-state index in [0.29, 0.717) is 31.9 Å². The van der Waals surface area contributed by atoms with E-state index in [-0.39, 0.29) is 6.03 Å². The minimum absolute atomic E-state index is 0.106. The number of unbranched alkanes of at least 4 members (excludes halogenated alkanes) is 1. The summed E-state index contributed by atoms with van der Waals surface area (Å²) in [7, 11) is 1.69. The second kappa shape index (κ2) is 10.1. The molecule has 0 aliphatic heterocycles. The van der Waals surface area contributed by atoms with Crippen molar-refractivity contribution in [3.05, 3.63) is 30.1 Å². The Hall–Kier alpha value is -2.87. The molecule has 2 heterocycles. The molecule has 3 aromatic rings. The summed E-state index contributed by atoms with van der Waals surface area (Å²) in [6.45, 7) is 4.75. The average Bonchev–Trinajstić information content (AvgIpc) is 3.10. The largest absolute Gasteiger partial charge is 0.384 e. The molecular weight excluding hydrogens is 368 g/mol. The molecule has 0 unspecified atom stereocenters. The number of hydrogen-bond acceptors (Lipinski definition) is 5. The molecule has 0 saturated carbocycles. The second-order valence-electron chi connectivity index (χ2n) is 7.02. The third-order valence-corrected chi connectivity index (χ3v) is 4.85. The number of nitrogens with two attached hydrogens (primary N) is 1. The zero-order valence-electron chi connectivity index (χ0n) is 17.2. The minimum Gasteiger partial charge on any atom is -0.384 e. The monoisotopic (exact) mass is 398 g/mol. The number of pyridine rings is 1. The maximum absolute atomic E-state index is 11.7. The predicted molar refractivity (Wildman–Crippen MR) is 116 cm³/mol. The number of nitrogens with zero attached hydrogens (tertiary/aromatic N) is 3. The number of aryl methyl sites for hydroxylation is 1. The lowest BCUT2D eigenvalue weighted by Gasteiger charge is -2.11. The Morgan fingerprint density at radius 1 is 1.17 bits per heavy atom. The summed E-state index contributed by atoms with van der Waals surface area (Å²) in [5.41, 5.74) is 8.84. The van der Waals surface area contributed by atoms with Gasteiger partial charge in [-0.15, -0.1) is 0 Å². The summed E-state index contributed by atoms with van der Waals surface area (Å²) in [4.78, 5) is 20.9. The van der Waals surface area contributed by atoms with E-state index in [1.165, 1.54) is 0 Å². The second-order valence-corrected chi connectivity index (χ2v) is 7.02. The number of amides is 2. The zero-order valence-corrected chi connectivity index (χ0v) is 17.2. The molecule has 1 aromatic carbocycles. The van der Waals surface area contributed by atoms with Crippen LogP contribution in [0.2, 0.25) is 0 Å². The summed E-state index contributed by atoms with van der Waals surface area (Å²) in [6.07, 6.45) is 3.42. The van der Waals surface area contributed by atoms with Gasteiger partial charge >= 0.3 is 6.03 Å². The van der Waals surface area contributed by atoms with Crippen molar-refractivity contribution in [2.24, 2.45) is 0 Å². The van der Waals surface area contributed by atoms with Gasteiger partial charge in [-0.05, 0) is 25.3 Å². The first-order chi connectivity index (χ1) is 14.2.